The Bertz CT molecular complexity index is 536. The molecule has 0 saturated carbocycles. The van der Waals surface area contributed by atoms with E-state index in [4.69, 9.17) is 14.2 Å². The highest BCUT2D eigenvalue weighted by atomic mass is 32.2. The van der Waals surface area contributed by atoms with Gasteiger partial charge in [0.25, 0.3) is 0 Å². The standard InChI is InChI=1S/C18H27NO4S/c1-21-17-4-3-14(11-18(17)22-2)23-16-5-8-19(12-15(16)20)13-6-9-24-10-7-13/h3-4,11,13,15-16,20H,5-10,12H2,1-2H3/t15-,16-/m1/s1. The number of aliphatic hydroxyl groups is 1. The number of hydrogen-bond donors (Lipinski definition) is 1. The van der Waals surface area contributed by atoms with Crippen molar-refractivity contribution in [2.75, 3.05) is 38.8 Å². The van der Waals surface area contributed by atoms with E-state index < -0.39 is 6.10 Å². The third-order valence-corrected chi connectivity index (χ3v) is 5.95. The van der Waals surface area contributed by atoms with Gasteiger partial charge < -0.3 is 19.3 Å². The summed E-state index contributed by atoms with van der Waals surface area (Å²) in [6.45, 7) is 1.69. The molecule has 6 heteroatoms. The Labute approximate surface area is 148 Å². The normalized spacial score (nSPS) is 26.1. The molecule has 24 heavy (non-hydrogen) atoms. The summed E-state index contributed by atoms with van der Waals surface area (Å²) in [5.41, 5.74) is 0. The molecule has 2 heterocycles. The maximum absolute atomic E-state index is 10.5. The number of thioether (sulfide) groups is 1. The van der Waals surface area contributed by atoms with Crippen LogP contribution in [0.15, 0.2) is 18.2 Å². The zero-order valence-electron chi connectivity index (χ0n) is 14.4. The lowest BCUT2D eigenvalue weighted by molar-refractivity contribution is -0.0382. The number of β-amino-alcohol motifs (C(OH)–C–C–N with tert-alkyl or cyclic N) is 1. The SMILES string of the molecule is COc1ccc(O[C@@H]2CCN(C3CCSCC3)C[C@H]2O)cc1OC. The number of piperidine rings is 1. The number of aliphatic hydroxyl groups excluding tert-OH is 1. The van der Waals surface area contributed by atoms with E-state index in [9.17, 15) is 5.11 Å². The van der Waals surface area contributed by atoms with E-state index in [-0.39, 0.29) is 6.10 Å². The van der Waals surface area contributed by atoms with Gasteiger partial charge in [0.1, 0.15) is 18.0 Å². The van der Waals surface area contributed by atoms with Gasteiger partial charge in [-0.2, -0.15) is 11.8 Å². The first kappa shape index (κ1) is 17.7. The molecule has 2 saturated heterocycles. The smallest absolute Gasteiger partial charge is 0.164 e. The first-order valence-corrected chi connectivity index (χ1v) is 9.75. The van der Waals surface area contributed by atoms with Crippen LogP contribution in [-0.4, -0.2) is 67.1 Å². The van der Waals surface area contributed by atoms with Crippen LogP contribution in [-0.2, 0) is 0 Å². The Kier molecular flexibility index (Phi) is 6.14. The minimum Gasteiger partial charge on any atom is -0.493 e. The number of methoxy groups -OCH3 is 2. The Balaban J connectivity index is 1.58. The fraction of sp³-hybridized carbons (Fsp3) is 0.667. The summed E-state index contributed by atoms with van der Waals surface area (Å²) >= 11 is 2.04. The minimum absolute atomic E-state index is 0.169. The number of ether oxygens (including phenoxy) is 3. The zero-order chi connectivity index (χ0) is 16.9. The van der Waals surface area contributed by atoms with Crippen molar-refractivity contribution in [1.29, 1.82) is 0 Å². The summed E-state index contributed by atoms with van der Waals surface area (Å²) in [5, 5.41) is 10.5. The van der Waals surface area contributed by atoms with Crippen LogP contribution in [0, 0.1) is 0 Å². The molecular weight excluding hydrogens is 326 g/mol. The van der Waals surface area contributed by atoms with Gasteiger partial charge in [0.05, 0.1) is 14.2 Å². The fourth-order valence-electron chi connectivity index (χ4n) is 3.52. The lowest BCUT2D eigenvalue weighted by Gasteiger charge is -2.41. The topological polar surface area (TPSA) is 51.2 Å². The number of nitrogens with zero attached hydrogens (tertiary/aromatic N) is 1. The van der Waals surface area contributed by atoms with Crippen LogP contribution in [0.3, 0.4) is 0 Å². The van der Waals surface area contributed by atoms with Gasteiger partial charge in [0.2, 0.25) is 0 Å². The van der Waals surface area contributed by atoms with Crippen LogP contribution in [0.4, 0.5) is 0 Å². The van der Waals surface area contributed by atoms with Gasteiger partial charge in [-0.05, 0) is 42.9 Å². The number of hydrogen-bond acceptors (Lipinski definition) is 6. The largest absolute Gasteiger partial charge is 0.493 e. The second-order valence-electron chi connectivity index (χ2n) is 6.37. The highest BCUT2D eigenvalue weighted by molar-refractivity contribution is 7.99. The quantitative estimate of drug-likeness (QED) is 0.877. The summed E-state index contributed by atoms with van der Waals surface area (Å²) in [6.07, 6.45) is 2.69. The van der Waals surface area contributed by atoms with Gasteiger partial charge in [-0.3, -0.25) is 4.90 Å². The summed E-state index contributed by atoms with van der Waals surface area (Å²) in [7, 11) is 3.22. The van der Waals surface area contributed by atoms with Gasteiger partial charge in [-0.15, -0.1) is 0 Å². The van der Waals surface area contributed by atoms with E-state index >= 15 is 0 Å². The highest BCUT2D eigenvalue weighted by Gasteiger charge is 2.33. The Morgan fingerprint density at radius 1 is 1.08 bits per heavy atom. The molecule has 0 amide bonds. The van der Waals surface area contributed by atoms with Gasteiger partial charge in [0.15, 0.2) is 11.5 Å². The van der Waals surface area contributed by atoms with E-state index in [0.29, 0.717) is 29.8 Å². The molecule has 1 aromatic rings. The highest BCUT2D eigenvalue weighted by Crippen LogP contribution is 2.32. The monoisotopic (exact) mass is 353 g/mol. The van der Waals surface area contributed by atoms with Crippen LogP contribution in [0.2, 0.25) is 0 Å². The molecule has 2 atom stereocenters. The molecule has 2 fully saturated rings. The second-order valence-corrected chi connectivity index (χ2v) is 7.59. The maximum atomic E-state index is 10.5. The predicted molar refractivity (Wildman–Crippen MR) is 96.5 cm³/mol. The fourth-order valence-corrected chi connectivity index (χ4v) is 4.60. The average molecular weight is 353 g/mol. The third kappa shape index (κ3) is 4.10. The number of benzene rings is 1. The van der Waals surface area contributed by atoms with Crippen LogP contribution < -0.4 is 14.2 Å². The summed E-state index contributed by atoms with van der Waals surface area (Å²) in [5.74, 6) is 4.50. The molecule has 0 aliphatic carbocycles. The second kappa shape index (κ2) is 8.32. The van der Waals surface area contributed by atoms with E-state index in [1.54, 1.807) is 14.2 Å². The van der Waals surface area contributed by atoms with Crippen molar-refractivity contribution in [1.82, 2.24) is 4.90 Å². The molecule has 2 aliphatic heterocycles. The molecule has 0 spiro atoms. The van der Waals surface area contributed by atoms with Crippen LogP contribution in [0.5, 0.6) is 17.2 Å². The molecule has 0 bridgehead atoms. The van der Waals surface area contributed by atoms with Crippen LogP contribution in [0.25, 0.3) is 0 Å². The van der Waals surface area contributed by atoms with Gasteiger partial charge in [-0.25, -0.2) is 0 Å². The van der Waals surface area contributed by atoms with Crippen molar-refractivity contribution in [2.45, 2.75) is 37.5 Å². The lowest BCUT2D eigenvalue weighted by Crippen LogP contribution is -2.53. The molecule has 1 aromatic carbocycles. The lowest BCUT2D eigenvalue weighted by atomic mass is 10.0. The minimum atomic E-state index is -0.457. The first-order valence-electron chi connectivity index (χ1n) is 8.60. The Hall–Kier alpha value is -1.11. The number of likely N-dealkylation sites (tertiary alicyclic amines) is 1. The van der Waals surface area contributed by atoms with E-state index in [1.165, 1.54) is 24.3 Å². The predicted octanol–water partition coefficient (Wildman–Crippen LogP) is 2.41. The summed E-state index contributed by atoms with van der Waals surface area (Å²) < 4.78 is 16.6. The van der Waals surface area contributed by atoms with E-state index in [0.717, 1.165) is 13.0 Å². The van der Waals surface area contributed by atoms with Crippen molar-refractivity contribution >= 4 is 11.8 Å². The molecule has 0 radical (unpaired) electrons. The molecular formula is C18H27NO4S. The van der Waals surface area contributed by atoms with E-state index in [2.05, 4.69) is 4.90 Å². The molecule has 2 aliphatic rings. The molecule has 5 nitrogen and oxygen atoms in total. The molecule has 1 N–H and O–H groups in total. The van der Waals surface area contributed by atoms with Crippen molar-refractivity contribution in [3.8, 4) is 17.2 Å². The summed E-state index contributed by atoms with van der Waals surface area (Å²) in [4.78, 5) is 2.44. The zero-order valence-corrected chi connectivity index (χ0v) is 15.3. The Morgan fingerprint density at radius 2 is 1.83 bits per heavy atom. The molecule has 0 unspecified atom stereocenters. The molecule has 134 valence electrons. The average Bonchev–Trinajstić information content (AvgIpc) is 2.64. The first-order chi connectivity index (χ1) is 11.7. The number of rotatable bonds is 5. The van der Waals surface area contributed by atoms with Crippen molar-refractivity contribution in [3.63, 3.8) is 0 Å². The third-order valence-electron chi connectivity index (χ3n) is 4.90. The van der Waals surface area contributed by atoms with E-state index in [1.807, 2.05) is 30.0 Å². The van der Waals surface area contributed by atoms with Crippen LogP contribution in [0.1, 0.15) is 19.3 Å². The Morgan fingerprint density at radius 3 is 2.50 bits per heavy atom. The van der Waals surface area contributed by atoms with Crippen molar-refractivity contribution in [2.24, 2.45) is 0 Å². The maximum Gasteiger partial charge on any atom is 0.164 e. The van der Waals surface area contributed by atoms with Gasteiger partial charge >= 0.3 is 0 Å². The van der Waals surface area contributed by atoms with Crippen molar-refractivity contribution in [3.05, 3.63) is 18.2 Å². The van der Waals surface area contributed by atoms with Crippen LogP contribution >= 0.6 is 11.8 Å². The molecule has 3 rings (SSSR count). The van der Waals surface area contributed by atoms with Crippen molar-refractivity contribution < 1.29 is 19.3 Å². The van der Waals surface area contributed by atoms with Gasteiger partial charge in [-0.1, -0.05) is 0 Å². The van der Waals surface area contributed by atoms with Gasteiger partial charge in [0, 0.05) is 25.2 Å². The molecule has 0 aromatic heterocycles. The summed E-state index contributed by atoms with van der Waals surface area (Å²) in [6, 6.07) is 6.13.